The maximum absolute atomic E-state index is 5.01. The largest absolute Gasteiger partial charge is 0.357 e. The van der Waals surface area contributed by atoms with Crippen LogP contribution < -0.4 is 5.32 Å². The fourth-order valence-corrected chi connectivity index (χ4v) is 4.22. The van der Waals surface area contributed by atoms with Gasteiger partial charge in [0.05, 0.1) is 0 Å². The first kappa shape index (κ1) is 22.5. The summed E-state index contributed by atoms with van der Waals surface area (Å²) in [6, 6.07) is 10.8. The lowest BCUT2D eigenvalue weighted by Crippen LogP contribution is -2.46. The lowest BCUT2D eigenvalue weighted by atomic mass is 10.0. The Hall–Kier alpha value is -0.820. The molecule has 3 rings (SSSR count). The van der Waals surface area contributed by atoms with Crippen LogP contribution in [0.5, 0.6) is 0 Å². The summed E-state index contributed by atoms with van der Waals surface area (Å²) in [6.45, 7) is 12.4. The second kappa shape index (κ2) is 11.9. The molecule has 2 heterocycles. The lowest BCUT2D eigenvalue weighted by molar-refractivity contribution is 0.265. The Morgan fingerprint density at radius 1 is 1.15 bits per heavy atom. The van der Waals surface area contributed by atoms with E-state index in [1.54, 1.807) is 0 Å². The Bertz CT molecular complexity index is 563. The zero-order chi connectivity index (χ0) is 18.2. The summed E-state index contributed by atoms with van der Waals surface area (Å²) in [5, 5.41) is 3.52. The summed E-state index contributed by atoms with van der Waals surface area (Å²) >= 11 is 0. The summed E-state index contributed by atoms with van der Waals surface area (Å²) in [7, 11) is 0. The molecule has 2 aliphatic rings. The molecule has 1 N–H and O–H groups in total. The summed E-state index contributed by atoms with van der Waals surface area (Å²) in [5.41, 5.74) is 1.45. The van der Waals surface area contributed by atoms with Crippen molar-refractivity contribution in [1.82, 2.24) is 15.1 Å². The predicted molar refractivity (Wildman–Crippen MR) is 126 cm³/mol. The van der Waals surface area contributed by atoms with E-state index in [1.165, 1.54) is 44.5 Å². The van der Waals surface area contributed by atoms with Gasteiger partial charge >= 0.3 is 0 Å². The van der Waals surface area contributed by atoms with Crippen LogP contribution in [0.2, 0.25) is 0 Å². The molecule has 4 nitrogen and oxygen atoms in total. The zero-order valence-electron chi connectivity index (χ0n) is 17.1. The normalized spacial score (nSPS) is 23.9. The number of piperidine rings is 1. The molecular formula is C22H37IN4. The number of rotatable bonds is 6. The van der Waals surface area contributed by atoms with Gasteiger partial charge in [0.25, 0.3) is 0 Å². The minimum absolute atomic E-state index is 0. The Morgan fingerprint density at radius 3 is 2.70 bits per heavy atom. The Balaban J connectivity index is 0.00000261. The molecule has 152 valence electrons. The topological polar surface area (TPSA) is 30.9 Å². The van der Waals surface area contributed by atoms with Crippen molar-refractivity contribution in [3.63, 3.8) is 0 Å². The fraction of sp³-hybridized carbons (Fsp3) is 0.682. The van der Waals surface area contributed by atoms with Crippen LogP contribution >= 0.6 is 24.0 Å². The molecule has 0 spiro atoms. The van der Waals surface area contributed by atoms with Gasteiger partial charge in [-0.25, -0.2) is 0 Å². The van der Waals surface area contributed by atoms with Crippen LogP contribution in [0.1, 0.15) is 38.7 Å². The minimum Gasteiger partial charge on any atom is -0.357 e. The van der Waals surface area contributed by atoms with Crippen molar-refractivity contribution in [2.75, 3.05) is 45.8 Å². The van der Waals surface area contributed by atoms with E-state index in [0.717, 1.165) is 44.5 Å². The van der Waals surface area contributed by atoms with Gasteiger partial charge in [0.1, 0.15) is 0 Å². The highest BCUT2D eigenvalue weighted by Gasteiger charge is 2.23. The Morgan fingerprint density at radius 2 is 1.96 bits per heavy atom. The van der Waals surface area contributed by atoms with Crippen molar-refractivity contribution >= 4 is 29.9 Å². The maximum Gasteiger partial charge on any atom is 0.193 e. The van der Waals surface area contributed by atoms with E-state index in [2.05, 4.69) is 59.3 Å². The molecule has 1 aromatic carbocycles. The predicted octanol–water partition coefficient (Wildman–Crippen LogP) is 3.87. The van der Waals surface area contributed by atoms with Gasteiger partial charge in [-0.2, -0.15) is 0 Å². The summed E-state index contributed by atoms with van der Waals surface area (Å²) in [4.78, 5) is 10.1. The van der Waals surface area contributed by atoms with Gasteiger partial charge in [-0.3, -0.25) is 4.99 Å². The van der Waals surface area contributed by atoms with Crippen molar-refractivity contribution in [1.29, 1.82) is 0 Å². The first-order valence-corrected chi connectivity index (χ1v) is 10.5. The summed E-state index contributed by atoms with van der Waals surface area (Å²) < 4.78 is 0. The van der Waals surface area contributed by atoms with Crippen LogP contribution in [0.4, 0.5) is 0 Å². The first-order chi connectivity index (χ1) is 12.7. The van der Waals surface area contributed by atoms with Gasteiger partial charge in [-0.15, -0.1) is 24.0 Å². The Kier molecular flexibility index (Phi) is 9.90. The smallest absolute Gasteiger partial charge is 0.193 e. The molecule has 0 aromatic heterocycles. The van der Waals surface area contributed by atoms with E-state index >= 15 is 0 Å². The molecule has 2 atom stereocenters. The average molecular weight is 484 g/mol. The van der Waals surface area contributed by atoms with Gasteiger partial charge in [-0.05, 0) is 56.6 Å². The van der Waals surface area contributed by atoms with Crippen LogP contribution in [0.3, 0.4) is 0 Å². The number of guanidine groups is 1. The van der Waals surface area contributed by atoms with Crippen molar-refractivity contribution in [3.05, 3.63) is 35.9 Å². The summed E-state index contributed by atoms with van der Waals surface area (Å²) in [6.07, 6.45) is 5.09. The SMILES string of the molecule is CCNC(=NCC1CCN(CCc2ccccc2)C1)N1CCCC(C)C1.I. The third-order valence-corrected chi connectivity index (χ3v) is 5.72. The molecule has 2 fully saturated rings. The highest BCUT2D eigenvalue weighted by Crippen LogP contribution is 2.19. The number of nitrogens with one attached hydrogen (secondary N) is 1. The second-order valence-electron chi connectivity index (χ2n) is 8.08. The van der Waals surface area contributed by atoms with Crippen LogP contribution in [0.15, 0.2) is 35.3 Å². The van der Waals surface area contributed by atoms with Gasteiger partial charge in [0.2, 0.25) is 0 Å². The highest BCUT2D eigenvalue weighted by molar-refractivity contribution is 14.0. The van der Waals surface area contributed by atoms with Crippen molar-refractivity contribution in [2.24, 2.45) is 16.8 Å². The summed E-state index contributed by atoms with van der Waals surface area (Å²) in [5.74, 6) is 2.64. The highest BCUT2D eigenvalue weighted by atomic mass is 127. The van der Waals surface area contributed by atoms with Crippen molar-refractivity contribution in [2.45, 2.75) is 39.5 Å². The van der Waals surface area contributed by atoms with Gasteiger partial charge in [-0.1, -0.05) is 37.3 Å². The van der Waals surface area contributed by atoms with Crippen molar-refractivity contribution in [3.8, 4) is 0 Å². The Labute approximate surface area is 182 Å². The quantitative estimate of drug-likeness (QED) is 0.378. The minimum atomic E-state index is 0. The molecule has 0 bridgehead atoms. The van der Waals surface area contributed by atoms with E-state index in [4.69, 9.17) is 4.99 Å². The van der Waals surface area contributed by atoms with Gasteiger partial charge < -0.3 is 15.1 Å². The average Bonchev–Trinajstić information content (AvgIpc) is 3.12. The van der Waals surface area contributed by atoms with Crippen LogP contribution in [0, 0.1) is 11.8 Å². The molecule has 2 aliphatic heterocycles. The number of likely N-dealkylation sites (tertiary alicyclic amines) is 2. The molecule has 0 amide bonds. The van der Waals surface area contributed by atoms with Gasteiger partial charge in [0.15, 0.2) is 5.96 Å². The second-order valence-corrected chi connectivity index (χ2v) is 8.08. The van der Waals surface area contributed by atoms with Crippen molar-refractivity contribution < 1.29 is 0 Å². The molecular weight excluding hydrogens is 447 g/mol. The van der Waals surface area contributed by atoms with Gasteiger partial charge in [0, 0.05) is 39.3 Å². The number of aliphatic imine (C=N–C) groups is 1. The van der Waals surface area contributed by atoms with Crippen LogP contribution in [-0.4, -0.2) is 61.6 Å². The lowest BCUT2D eigenvalue weighted by Gasteiger charge is -2.33. The number of hydrogen-bond donors (Lipinski definition) is 1. The van der Waals surface area contributed by atoms with Crippen LogP contribution in [-0.2, 0) is 6.42 Å². The van der Waals surface area contributed by atoms with E-state index < -0.39 is 0 Å². The maximum atomic E-state index is 5.01. The third kappa shape index (κ3) is 7.26. The number of nitrogens with zero attached hydrogens (tertiary/aromatic N) is 3. The molecule has 2 saturated heterocycles. The standard InChI is InChI=1S/C22H36N4.HI/c1-3-23-22(26-13-7-8-19(2)17-26)24-16-21-12-15-25(18-21)14-11-20-9-5-4-6-10-20;/h4-6,9-10,19,21H,3,7-8,11-18H2,1-2H3,(H,23,24);1H. The van der Waals surface area contributed by atoms with E-state index in [9.17, 15) is 0 Å². The number of hydrogen-bond acceptors (Lipinski definition) is 2. The molecule has 2 unspecified atom stereocenters. The van der Waals surface area contributed by atoms with E-state index in [1.807, 2.05) is 0 Å². The molecule has 5 heteroatoms. The third-order valence-electron chi connectivity index (χ3n) is 5.72. The number of halogens is 1. The monoisotopic (exact) mass is 484 g/mol. The molecule has 1 aromatic rings. The molecule has 0 radical (unpaired) electrons. The van der Waals surface area contributed by atoms with E-state index in [-0.39, 0.29) is 24.0 Å². The molecule has 0 saturated carbocycles. The molecule has 27 heavy (non-hydrogen) atoms. The zero-order valence-corrected chi connectivity index (χ0v) is 19.4. The number of benzene rings is 1. The first-order valence-electron chi connectivity index (χ1n) is 10.5. The van der Waals surface area contributed by atoms with Crippen LogP contribution in [0.25, 0.3) is 0 Å². The molecule has 0 aliphatic carbocycles. The van der Waals surface area contributed by atoms with E-state index in [0.29, 0.717) is 5.92 Å². The fourth-order valence-electron chi connectivity index (χ4n) is 4.22.